The van der Waals surface area contributed by atoms with Crippen molar-refractivity contribution >= 4 is 30.0 Å². The van der Waals surface area contributed by atoms with Gasteiger partial charge in [0.05, 0.1) is 7.11 Å². The summed E-state index contributed by atoms with van der Waals surface area (Å²) in [4.78, 5) is 25.4. The van der Waals surface area contributed by atoms with Gasteiger partial charge in [0.25, 0.3) is 0 Å². The summed E-state index contributed by atoms with van der Waals surface area (Å²) in [6, 6.07) is 18.0. The molecule has 1 aliphatic heterocycles. The molecule has 2 aromatic carbocycles. The number of benzene rings is 2. The second-order valence-corrected chi connectivity index (χ2v) is 7.28. The molecule has 8 heteroatoms. The number of hydrogen-bond acceptors (Lipinski definition) is 6. The lowest BCUT2D eigenvalue weighted by Gasteiger charge is -2.32. The predicted molar refractivity (Wildman–Crippen MR) is 121 cm³/mol. The van der Waals surface area contributed by atoms with Gasteiger partial charge in [-0.15, -0.1) is 12.4 Å². The lowest BCUT2D eigenvalue weighted by molar-refractivity contribution is 0.400. The number of rotatable bonds is 6. The Morgan fingerprint density at radius 2 is 1.77 bits per heavy atom. The molecule has 0 bridgehead atoms. The first kappa shape index (κ1) is 21.6. The van der Waals surface area contributed by atoms with Crippen molar-refractivity contribution in [1.29, 1.82) is 0 Å². The van der Waals surface area contributed by atoms with Crippen molar-refractivity contribution in [3.8, 4) is 5.75 Å². The molecule has 0 spiro atoms. The Balaban J connectivity index is 0.00000256. The molecular formula is C22H26ClN5O2. The minimum Gasteiger partial charge on any atom is -0.497 e. The van der Waals surface area contributed by atoms with Gasteiger partial charge in [-0.25, -0.2) is 4.79 Å². The summed E-state index contributed by atoms with van der Waals surface area (Å²) in [5.74, 6) is 2.28. The number of ether oxygens (including phenoxy) is 1. The standard InChI is InChI=1S/C22H25N5O2.ClH/c1-29-19-9-7-18(8-10-19)23-20-24-21(26-22(28)25-20)27-13-11-17(12-14-27)15-16-5-3-2-4-6-16;/h2-10,17H,11-15H2,1H3,(H2,23,24,25,26,28);1H. The minimum absolute atomic E-state index is 0. The number of H-pyrrole nitrogens is 1. The van der Waals surface area contributed by atoms with E-state index in [9.17, 15) is 4.79 Å². The van der Waals surface area contributed by atoms with Crippen LogP contribution < -0.4 is 20.6 Å². The van der Waals surface area contributed by atoms with Crippen LogP contribution in [0.4, 0.5) is 17.6 Å². The first-order valence-corrected chi connectivity index (χ1v) is 9.88. The Labute approximate surface area is 181 Å². The zero-order valence-corrected chi connectivity index (χ0v) is 17.7. The van der Waals surface area contributed by atoms with Crippen LogP contribution in [-0.4, -0.2) is 35.2 Å². The van der Waals surface area contributed by atoms with E-state index in [-0.39, 0.29) is 12.4 Å². The molecule has 7 nitrogen and oxygen atoms in total. The van der Waals surface area contributed by atoms with Gasteiger partial charge >= 0.3 is 5.69 Å². The first-order valence-electron chi connectivity index (χ1n) is 9.88. The summed E-state index contributed by atoms with van der Waals surface area (Å²) in [5, 5.41) is 3.13. The quantitative estimate of drug-likeness (QED) is 0.622. The molecule has 0 amide bonds. The Bertz CT molecular complexity index is 986. The summed E-state index contributed by atoms with van der Waals surface area (Å²) in [5.41, 5.74) is 1.79. The summed E-state index contributed by atoms with van der Waals surface area (Å²) in [7, 11) is 1.62. The van der Waals surface area contributed by atoms with Gasteiger partial charge in [-0.1, -0.05) is 30.3 Å². The van der Waals surface area contributed by atoms with Crippen LogP contribution in [0, 0.1) is 5.92 Å². The van der Waals surface area contributed by atoms with Crippen LogP contribution in [0.5, 0.6) is 5.75 Å². The maximum Gasteiger partial charge on any atom is 0.351 e. The van der Waals surface area contributed by atoms with Crippen LogP contribution in [0.2, 0.25) is 0 Å². The Morgan fingerprint density at radius 1 is 1.07 bits per heavy atom. The van der Waals surface area contributed by atoms with E-state index >= 15 is 0 Å². The second-order valence-electron chi connectivity index (χ2n) is 7.28. The minimum atomic E-state index is -0.405. The highest BCUT2D eigenvalue weighted by atomic mass is 35.5. The van der Waals surface area contributed by atoms with Gasteiger partial charge in [0, 0.05) is 18.8 Å². The Morgan fingerprint density at radius 3 is 2.43 bits per heavy atom. The van der Waals surface area contributed by atoms with E-state index in [2.05, 4.69) is 49.4 Å². The van der Waals surface area contributed by atoms with E-state index in [0.29, 0.717) is 17.8 Å². The fraction of sp³-hybridized carbons (Fsp3) is 0.318. The third-order valence-electron chi connectivity index (χ3n) is 5.26. The van der Waals surface area contributed by atoms with Crippen molar-refractivity contribution in [3.05, 3.63) is 70.6 Å². The summed E-state index contributed by atoms with van der Waals surface area (Å²) in [6.07, 6.45) is 3.22. The van der Waals surface area contributed by atoms with E-state index in [1.165, 1.54) is 5.56 Å². The number of hydrogen-bond donors (Lipinski definition) is 2. The molecule has 0 aliphatic carbocycles. The molecule has 4 rings (SSSR count). The van der Waals surface area contributed by atoms with Gasteiger partial charge in [-0.3, -0.25) is 4.98 Å². The average Bonchev–Trinajstić information content (AvgIpc) is 2.75. The van der Waals surface area contributed by atoms with Crippen molar-refractivity contribution < 1.29 is 4.74 Å². The number of nitrogens with one attached hydrogen (secondary N) is 2. The fourth-order valence-corrected chi connectivity index (χ4v) is 3.67. The number of piperidine rings is 1. The summed E-state index contributed by atoms with van der Waals surface area (Å²) >= 11 is 0. The van der Waals surface area contributed by atoms with Crippen LogP contribution >= 0.6 is 12.4 Å². The lowest BCUT2D eigenvalue weighted by atomic mass is 9.90. The molecule has 0 radical (unpaired) electrons. The summed E-state index contributed by atoms with van der Waals surface area (Å²) in [6.45, 7) is 1.70. The van der Waals surface area contributed by atoms with E-state index in [0.717, 1.165) is 43.8 Å². The normalized spacial score (nSPS) is 14.1. The van der Waals surface area contributed by atoms with E-state index < -0.39 is 5.69 Å². The first-order chi connectivity index (χ1) is 14.2. The highest BCUT2D eigenvalue weighted by Crippen LogP contribution is 2.24. The molecule has 2 heterocycles. The molecular weight excluding hydrogens is 402 g/mol. The van der Waals surface area contributed by atoms with Crippen LogP contribution in [0.3, 0.4) is 0 Å². The zero-order valence-electron chi connectivity index (χ0n) is 16.9. The highest BCUT2D eigenvalue weighted by Gasteiger charge is 2.22. The van der Waals surface area contributed by atoms with Crippen molar-refractivity contribution in [1.82, 2.24) is 15.0 Å². The van der Waals surface area contributed by atoms with Gasteiger partial charge in [-0.05, 0) is 55.0 Å². The molecule has 158 valence electrons. The fourth-order valence-electron chi connectivity index (χ4n) is 3.67. The zero-order chi connectivity index (χ0) is 20.1. The average molecular weight is 428 g/mol. The summed E-state index contributed by atoms with van der Waals surface area (Å²) < 4.78 is 5.17. The van der Waals surface area contributed by atoms with Crippen molar-refractivity contribution in [2.75, 3.05) is 30.4 Å². The van der Waals surface area contributed by atoms with E-state index in [4.69, 9.17) is 4.74 Å². The van der Waals surface area contributed by atoms with Crippen molar-refractivity contribution in [2.45, 2.75) is 19.3 Å². The second kappa shape index (κ2) is 10.1. The van der Waals surface area contributed by atoms with Crippen molar-refractivity contribution in [2.24, 2.45) is 5.92 Å². The number of methoxy groups -OCH3 is 1. The molecule has 30 heavy (non-hydrogen) atoms. The van der Waals surface area contributed by atoms with Gasteiger partial charge in [0.2, 0.25) is 11.9 Å². The molecule has 1 saturated heterocycles. The molecule has 1 aromatic heterocycles. The molecule has 1 fully saturated rings. The topological polar surface area (TPSA) is 83.1 Å². The highest BCUT2D eigenvalue weighted by molar-refractivity contribution is 5.85. The lowest BCUT2D eigenvalue weighted by Crippen LogP contribution is -2.36. The largest absolute Gasteiger partial charge is 0.497 e. The molecule has 0 unspecified atom stereocenters. The van der Waals surface area contributed by atoms with Crippen LogP contribution in [0.25, 0.3) is 0 Å². The predicted octanol–water partition coefficient (Wildman–Crippen LogP) is 3.80. The smallest absolute Gasteiger partial charge is 0.351 e. The number of halogens is 1. The number of aromatic amines is 1. The van der Waals surface area contributed by atoms with E-state index in [1.807, 2.05) is 30.3 Å². The maximum absolute atomic E-state index is 12.1. The van der Waals surface area contributed by atoms with Crippen LogP contribution in [-0.2, 0) is 6.42 Å². The number of anilines is 3. The van der Waals surface area contributed by atoms with Crippen LogP contribution in [0.15, 0.2) is 59.4 Å². The third-order valence-corrected chi connectivity index (χ3v) is 5.26. The third kappa shape index (κ3) is 5.51. The molecule has 0 atom stereocenters. The monoisotopic (exact) mass is 427 g/mol. The molecule has 2 N–H and O–H groups in total. The Kier molecular flexibility index (Phi) is 7.30. The van der Waals surface area contributed by atoms with Gasteiger partial charge in [-0.2, -0.15) is 9.97 Å². The van der Waals surface area contributed by atoms with Crippen molar-refractivity contribution in [3.63, 3.8) is 0 Å². The van der Waals surface area contributed by atoms with Gasteiger partial charge in [0.15, 0.2) is 0 Å². The SMILES string of the molecule is COc1ccc(Nc2nc(N3CCC(Cc4ccccc4)CC3)nc(=O)[nH]2)cc1.Cl. The van der Waals surface area contributed by atoms with Crippen LogP contribution in [0.1, 0.15) is 18.4 Å². The number of aromatic nitrogens is 3. The Hall–Kier alpha value is -3.06. The van der Waals surface area contributed by atoms with Gasteiger partial charge in [0.1, 0.15) is 5.75 Å². The molecule has 3 aromatic rings. The molecule has 0 saturated carbocycles. The molecule has 1 aliphatic rings. The number of nitrogens with zero attached hydrogens (tertiary/aromatic N) is 3. The maximum atomic E-state index is 12.1. The van der Waals surface area contributed by atoms with Gasteiger partial charge < -0.3 is 15.0 Å². The van der Waals surface area contributed by atoms with E-state index in [1.54, 1.807) is 7.11 Å².